The van der Waals surface area contributed by atoms with E-state index in [1.54, 1.807) is 0 Å². The van der Waals surface area contributed by atoms with E-state index in [0.717, 1.165) is 19.4 Å². The summed E-state index contributed by atoms with van der Waals surface area (Å²) >= 11 is 0. The molecule has 0 amide bonds. The summed E-state index contributed by atoms with van der Waals surface area (Å²) in [5.41, 5.74) is 4.06. The summed E-state index contributed by atoms with van der Waals surface area (Å²) in [7, 11) is 0. The van der Waals surface area contributed by atoms with E-state index in [4.69, 9.17) is 5.11 Å². The van der Waals surface area contributed by atoms with Gasteiger partial charge in [0.1, 0.15) is 6.04 Å². The standard InChI is InChI=1S/C15H17NO2/c17-15(18)14-8-11(9-16-14)13-7-3-5-10-4-1-2-6-12(10)13/h1-2,4,6-7,11,14,16H,3,5,8-9H2,(H,17,18)/t11?,14-/m0/s1. The molecule has 2 atom stereocenters. The van der Waals surface area contributed by atoms with Gasteiger partial charge < -0.3 is 10.4 Å². The lowest BCUT2D eigenvalue weighted by molar-refractivity contribution is -0.139. The van der Waals surface area contributed by atoms with Gasteiger partial charge in [-0.25, -0.2) is 0 Å². The van der Waals surface area contributed by atoms with Gasteiger partial charge in [0.15, 0.2) is 0 Å². The Hall–Kier alpha value is -1.61. The molecule has 0 bridgehead atoms. The van der Waals surface area contributed by atoms with Crippen molar-refractivity contribution in [1.29, 1.82) is 0 Å². The molecule has 0 aromatic heterocycles. The number of carboxylic acid groups (broad SMARTS) is 1. The van der Waals surface area contributed by atoms with E-state index < -0.39 is 5.97 Å². The number of aliphatic carboxylic acids is 1. The number of nitrogens with one attached hydrogen (secondary N) is 1. The summed E-state index contributed by atoms with van der Waals surface area (Å²) in [4.78, 5) is 11.0. The maximum Gasteiger partial charge on any atom is 0.320 e. The third kappa shape index (κ3) is 1.95. The predicted octanol–water partition coefficient (Wildman–Crippen LogP) is 2.08. The lowest BCUT2D eigenvalue weighted by Crippen LogP contribution is -2.29. The van der Waals surface area contributed by atoms with Gasteiger partial charge in [0.05, 0.1) is 0 Å². The van der Waals surface area contributed by atoms with Crippen molar-refractivity contribution in [2.24, 2.45) is 5.92 Å². The molecule has 1 aromatic rings. The first-order valence-electron chi connectivity index (χ1n) is 6.50. The zero-order valence-electron chi connectivity index (χ0n) is 10.2. The molecule has 0 saturated carbocycles. The van der Waals surface area contributed by atoms with E-state index in [-0.39, 0.29) is 6.04 Å². The van der Waals surface area contributed by atoms with Crippen molar-refractivity contribution in [1.82, 2.24) is 5.32 Å². The zero-order chi connectivity index (χ0) is 12.5. The van der Waals surface area contributed by atoms with Crippen LogP contribution >= 0.6 is 0 Å². The highest BCUT2D eigenvalue weighted by molar-refractivity contribution is 5.77. The van der Waals surface area contributed by atoms with Crippen molar-refractivity contribution >= 4 is 11.5 Å². The molecule has 1 saturated heterocycles. The number of aryl methyl sites for hydroxylation is 1. The Balaban J connectivity index is 1.86. The lowest BCUT2D eigenvalue weighted by atomic mass is 9.83. The summed E-state index contributed by atoms with van der Waals surface area (Å²) in [6.07, 6.45) is 5.16. The number of benzene rings is 1. The Morgan fingerprint density at radius 3 is 2.94 bits per heavy atom. The first-order chi connectivity index (χ1) is 8.75. The number of rotatable bonds is 2. The molecular weight excluding hydrogens is 226 g/mol. The van der Waals surface area contributed by atoms with Gasteiger partial charge in [-0.15, -0.1) is 0 Å². The topological polar surface area (TPSA) is 49.3 Å². The van der Waals surface area contributed by atoms with Crippen LogP contribution in [0.3, 0.4) is 0 Å². The van der Waals surface area contributed by atoms with Crippen LogP contribution in [0.5, 0.6) is 0 Å². The van der Waals surface area contributed by atoms with Crippen molar-refractivity contribution in [3.05, 3.63) is 41.5 Å². The van der Waals surface area contributed by atoms with E-state index in [1.807, 2.05) is 0 Å². The van der Waals surface area contributed by atoms with Gasteiger partial charge in [0.2, 0.25) is 0 Å². The highest BCUT2D eigenvalue weighted by Gasteiger charge is 2.32. The minimum Gasteiger partial charge on any atom is -0.480 e. The van der Waals surface area contributed by atoms with Crippen molar-refractivity contribution in [3.8, 4) is 0 Å². The van der Waals surface area contributed by atoms with Crippen molar-refractivity contribution < 1.29 is 9.90 Å². The number of hydrogen-bond acceptors (Lipinski definition) is 2. The predicted molar refractivity (Wildman–Crippen MR) is 70.3 cm³/mol. The number of hydrogen-bond donors (Lipinski definition) is 2. The molecule has 0 spiro atoms. The van der Waals surface area contributed by atoms with E-state index in [9.17, 15) is 4.79 Å². The maximum absolute atomic E-state index is 11.0. The van der Waals surface area contributed by atoms with E-state index in [2.05, 4.69) is 35.7 Å². The van der Waals surface area contributed by atoms with Crippen LogP contribution in [-0.2, 0) is 11.2 Å². The molecular formula is C15H17NO2. The second kappa shape index (κ2) is 4.58. The summed E-state index contributed by atoms with van der Waals surface area (Å²) in [6.45, 7) is 0.775. The molecule has 3 heteroatoms. The normalized spacial score (nSPS) is 26.6. The molecule has 18 heavy (non-hydrogen) atoms. The number of carboxylic acids is 1. The van der Waals surface area contributed by atoms with Gasteiger partial charge in [0.25, 0.3) is 0 Å². The van der Waals surface area contributed by atoms with E-state index >= 15 is 0 Å². The van der Waals surface area contributed by atoms with Crippen LogP contribution in [0.1, 0.15) is 24.0 Å². The third-order valence-electron chi connectivity index (χ3n) is 3.98. The molecule has 0 radical (unpaired) electrons. The molecule has 1 aliphatic carbocycles. The summed E-state index contributed by atoms with van der Waals surface area (Å²) in [6, 6.07) is 8.10. The molecule has 1 aliphatic heterocycles. The van der Waals surface area contributed by atoms with Crippen LogP contribution < -0.4 is 5.32 Å². The molecule has 3 rings (SSSR count). The maximum atomic E-state index is 11.0. The molecule has 94 valence electrons. The SMILES string of the molecule is O=C(O)[C@@H]1CC(C2=CCCc3ccccc32)CN1. The fourth-order valence-electron chi connectivity index (χ4n) is 3.06. The van der Waals surface area contributed by atoms with Crippen LogP contribution in [0.15, 0.2) is 30.3 Å². The average molecular weight is 243 g/mol. The van der Waals surface area contributed by atoms with Crippen LogP contribution in [0.4, 0.5) is 0 Å². The highest BCUT2D eigenvalue weighted by Crippen LogP contribution is 2.35. The van der Waals surface area contributed by atoms with Gasteiger partial charge in [0, 0.05) is 6.54 Å². The van der Waals surface area contributed by atoms with Gasteiger partial charge in [-0.1, -0.05) is 30.3 Å². The summed E-state index contributed by atoms with van der Waals surface area (Å²) in [5.74, 6) is -0.394. The van der Waals surface area contributed by atoms with Crippen LogP contribution in [0.25, 0.3) is 5.57 Å². The Morgan fingerprint density at radius 1 is 1.33 bits per heavy atom. The first-order valence-corrected chi connectivity index (χ1v) is 6.50. The van der Waals surface area contributed by atoms with E-state index in [1.165, 1.54) is 16.7 Å². The van der Waals surface area contributed by atoms with Gasteiger partial charge in [-0.2, -0.15) is 0 Å². The Kier molecular flexibility index (Phi) is 2.92. The van der Waals surface area contributed by atoms with Gasteiger partial charge in [-0.3, -0.25) is 4.79 Å². The highest BCUT2D eigenvalue weighted by atomic mass is 16.4. The Bertz CT molecular complexity index is 507. The Labute approximate surface area is 107 Å². The van der Waals surface area contributed by atoms with Crippen LogP contribution in [-0.4, -0.2) is 23.7 Å². The number of fused-ring (bicyclic) bond motifs is 1. The largest absolute Gasteiger partial charge is 0.480 e. The van der Waals surface area contributed by atoms with E-state index in [0.29, 0.717) is 12.3 Å². The zero-order valence-corrected chi connectivity index (χ0v) is 10.2. The Morgan fingerprint density at radius 2 is 2.17 bits per heavy atom. The van der Waals surface area contributed by atoms with Gasteiger partial charge >= 0.3 is 5.97 Å². The van der Waals surface area contributed by atoms with Crippen LogP contribution in [0.2, 0.25) is 0 Å². The van der Waals surface area contributed by atoms with Crippen LogP contribution in [0, 0.1) is 5.92 Å². The summed E-state index contributed by atoms with van der Waals surface area (Å²) < 4.78 is 0. The second-order valence-electron chi connectivity index (χ2n) is 5.09. The molecule has 2 aliphatic rings. The minimum absolute atomic E-state index is 0.340. The van der Waals surface area contributed by atoms with Gasteiger partial charge in [-0.05, 0) is 41.9 Å². The van der Waals surface area contributed by atoms with Crippen molar-refractivity contribution in [3.63, 3.8) is 0 Å². The summed E-state index contributed by atoms with van der Waals surface area (Å²) in [5, 5.41) is 12.1. The van der Waals surface area contributed by atoms with Crippen molar-refractivity contribution in [2.45, 2.75) is 25.3 Å². The third-order valence-corrected chi connectivity index (χ3v) is 3.98. The molecule has 1 heterocycles. The molecule has 1 aromatic carbocycles. The molecule has 1 fully saturated rings. The quantitative estimate of drug-likeness (QED) is 0.836. The molecule has 3 nitrogen and oxygen atoms in total. The lowest BCUT2D eigenvalue weighted by Gasteiger charge is -2.22. The minimum atomic E-state index is -0.734. The number of allylic oxidation sites excluding steroid dienone is 1. The molecule has 2 N–H and O–H groups in total. The fourth-order valence-corrected chi connectivity index (χ4v) is 3.06. The smallest absolute Gasteiger partial charge is 0.320 e. The monoisotopic (exact) mass is 243 g/mol. The first kappa shape index (κ1) is 11.5. The molecule has 1 unspecified atom stereocenters. The van der Waals surface area contributed by atoms with Crippen molar-refractivity contribution in [2.75, 3.05) is 6.54 Å². The second-order valence-corrected chi connectivity index (χ2v) is 5.09. The number of carbonyl (C=O) groups is 1. The fraction of sp³-hybridized carbons (Fsp3) is 0.400. The average Bonchev–Trinajstić information content (AvgIpc) is 2.87.